The van der Waals surface area contributed by atoms with Crippen LogP contribution in [0.1, 0.15) is 24.2 Å². The lowest BCUT2D eigenvalue weighted by Crippen LogP contribution is -2.13. The predicted molar refractivity (Wildman–Crippen MR) is 70.5 cm³/mol. The minimum Gasteiger partial charge on any atom is -0.339 e. The van der Waals surface area contributed by atoms with Crippen molar-refractivity contribution in [2.45, 2.75) is 19.8 Å². The molecule has 0 amide bonds. The van der Waals surface area contributed by atoms with Crippen LogP contribution < -0.4 is 5.73 Å². The highest BCUT2D eigenvalue weighted by molar-refractivity contribution is 6.30. The first-order valence-electron chi connectivity index (χ1n) is 5.93. The van der Waals surface area contributed by atoms with Crippen molar-refractivity contribution in [3.8, 4) is 0 Å². The molecule has 1 heterocycles. The zero-order valence-corrected chi connectivity index (χ0v) is 11.0. The maximum atomic E-state index is 5.83. The number of nitrogens with two attached hydrogens (primary N) is 1. The van der Waals surface area contributed by atoms with Crippen LogP contribution in [-0.4, -0.2) is 16.7 Å². The van der Waals surface area contributed by atoms with Crippen molar-refractivity contribution >= 4 is 11.6 Å². The van der Waals surface area contributed by atoms with Crippen LogP contribution in [0.4, 0.5) is 0 Å². The first kappa shape index (κ1) is 13.1. The average Bonchev–Trinajstić information content (AvgIpc) is 2.79. The number of hydrogen-bond donors (Lipinski definition) is 1. The molecule has 0 aliphatic rings. The molecule has 1 atom stereocenters. The maximum absolute atomic E-state index is 5.83. The lowest BCUT2D eigenvalue weighted by Gasteiger charge is -2.01. The summed E-state index contributed by atoms with van der Waals surface area (Å²) >= 11 is 5.83. The third-order valence-corrected chi connectivity index (χ3v) is 2.96. The van der Waals surface area contributed by atoms with Crippen molar-refractivity contribution < 1.29 is 4.52 Å². The molecule has 4 nitrogen and oxygen atoms in total. The van der Waals surface area contributed by atoms with Crippen LogP contribution in [0.25, 0.3) is 0 Å². The van der Waals surface area contributed by atoms with Gasteiger partial charge >= 0.3 is 0 Å². The predicted octanol–water partition coefficient (Wildman–Crippen LogP) is 2.45. The van der Waals surface area contributed by atoms with Gasteiger partial charge in [-0.1, -0.05) is 35.8 Å². The molecule has 1 unspecified atom stereocenters. The molecule has 0 radical (unpaired) electrons. The highest BCUT2D eigenvalue weighted by Gasteiger charge is 2.10. The standard InChI is InChI=1S/C13H16ClN3O/c1-9(8-15)6-13-16-12(17-18-13)7-10-2-4-11(14)5-3-10/h2-5,9H,6-8,15H2,1H3. The van der Waals surface area contributed by atoms with E-state index in [1.165, 1.54) is 0 Å². The molecule has 1 aromatic heterocycles. The van der Waals surface area contributed by atoms with Crippen molar-refractivity contribution in [2.24, 2.45) is 11.7 Å². The number of halogens is 1. The molecule has 0 aliphatic heterocycles. The summed E-state index contributed by atoms with van der Waals surface area (Å²) in [5, 5.41) is 4.69. The molecule has 0 bridgehead atoms. The summed E-state index contributed by atoms with van der Waals surface area (Å²) in [5.74, 6) is 1.70. The van der Waals surface area contributed by atoms with Gasteiger partial charge in [-0.15, -0.1) is 0 Å². The number of rotatable bonds is 5. The first-order valence-corrected chi connectivity index (χ1v) is 6.31. The smallest absolute Gasteiger partial charge is 0.226 e. The summed E-state index contributed by atoms with van der Waals surface area (Å²) in [6.45, 7) is 2.68. The molecular weight excluding hydrogens is 250 g/mol. The van der Waals surface area contributed by atoms with E-state index in [0.29, 0.717) is 30.6 Å². The largest absolute Gasteiger partial charge is 0.339 e. The van der Waals surface area contributed by atoms with E-state index in [-0.39, 0.29) is 0 Å². The zero-order chi connectivity index (χ0) is 13.0. The lowest BCUT2D eigenvalue weighted by atomic mass is 10.1. The van der Waals surface area contributed by atoms with Crippen LogP contribution in [-0.2, 0) is 12.8 Å². The summed E-state index contributed by atoms with van der Waals surface area (Å²) in [6, 6.07) is 7.63. The zero-order valence-electron chi connectivity index (χ0n) is 10.3. The molecule has 2 rings (SSSR count). The van der Waals surface area contributed by atoms with Gasteiger partial charge in [0.2, 0.25) is 5.89 Å². The van der Waals surface area contributed by atoms with E-state index in [1.54, 1.807) is 0 Å². The fourth-order valence-electron chi connectivity index (χ4n) is 1.61. The normalized spacial score (nSPS) is 12.6. The van der Waals surface area contributed by atoms with Crippen molar-refractivity contribution in [3.63, 3.8) is 0 Å². The Morgan fingerprint density at radius 2 is 2.06 bits per heavy atom. The van der Waals surface area contributed by atoms with E-state index in [4.69, 9.17) is 21.9 Å². The molecule has 18 heavy (non-hydrogen) atoms. The summed E-state index contributed by atoms with van der Waals surface area (Å²) in [4.78, 5) is 4.35. The van der Waals surface area contributed by atoms with Gasteiger partial charge in [0.1, 0.15) is 0 Å². The molecule has 0 spiro atoms. The van der Waals surface area contributed by atoms with Gasteiger partial charge < -0.3 is 10.3 Å². The van der Waals surface area contributed by atoms with Crippen LogP contribution in [0.3, 0.4) is 0 Å². The van der Waals surface area contributed by atoms with Gasteiger partial charge in [-0.2, -0.15) is 4.98 Å². The van der Waals surface area contributed by atoms with Gasteiger partial charge in [0.15, 0.2) is 5.82 Å². The molecule has 2 N–H and O–H groups in total. The SMILES string of the molecule is CC(CN)Cc1nc(Cc2ccc(Cl)cc2)no1. The topological polar surface area (TPSA) is 64.9 Å². The van der Waals surface area contributed by atoms with Gasteiger partial charge in [0, 0.05) is 17.9 Å². The van der Waals surface area contributed by atoms with E-state index in [1.807, 2.05) is 24.3 Å². The molecule has 96 valence electrons. The molecular formula is C13H16ClN3O. The monoisotopic (exact) mass is 265 g/mol. The Balaban J connectivity index is 2.00. The Hall–Kier alpha value is -1.39. The summed E-state index contributed by atoms with van der Waals surface area (Å²) in [7, 11) is 0. The molecule has 0 fully saturated rings. The Labute approximate surface area is 111 Å². The molecule has 0 saturated carbocycles. The Kier molecular flexibility index (Phi) is 4.33. The van der Waals surface area contributed by atoms with E-state index in [2.05, 4.69) is 17.1 Å². The fourth-order valence-corrected chi connectivity index (χ4v) is 1.74. The summed E-state index contributed by atoms with van der Waals surface area (Å²) in [5.41, 5.74) is 6.67. The van der Waals surface area contributed by atoms with Crippen molar-refractivity contribution in [1.82, 2.24) is 10.1 Å². The Morgan fingerprint density at radius 1 is 1.33 bits per heavy atom. The highest BCUT2D eigenvalue weighted by Crippen LogP contribution is 2.13. The average molecular weight is 266 g/mol. The van der Waals surface area contributed by atoms with Crippen LogP contribution in [0.2, 0.25) is 5.02 Å². The Bertz CT molecular complexity index is 495. The van der Waals surface area contributed by atoms with E-state index in [0.717, 1.165) is 17.0 Å². The van der Waals surface area contributed by atoms with Crippen LogP contribution in [0, 0.1) is 5.92 Å². The van der Waals surface area contributed by atoms with Crippen LogP contribution in [0.5, 0.6) is 0 Å². The van der Waals surface area contributed by atoms with Gasteiger partial charge in [0.25, 0.3) is 0 Å². The van der Waals surface area contributed by atoms with E-state index in [9.17, 15) is 0 Å². The van der Waals surface area contributed by atoms with Crippen LogP contribution >= 0.6 is 11.6 Å². The minimum absolute atomic E-state index is 0.355. The molecule has 0 aliphatic carbocycles. The number of benzene rings is 1. The van der Waals surface area contributed by atoms with E-state index >= 15 is 0 Å². The van der Waals surface area contributed by atoms with Gasteiger partial charge in [-0.05, 0) is 30.2 Å². The molecule has 5 heteroatoms. The second kappa shape index (κ2) is 5.98. The number of aromatic nitrogens is 2. The summed E-state index contributed by atoms with van der Waals surface area (Å²) in [6.07, 6.45) is 1.38. The van der Waals surface area contributed by atoms with Crippen molar-refractivity contribution in [1.29, 1.82) is 0 Å². The maximum Gasteiger partial charge on any atom is 0.226 e. The lowest BCUT2D eigenvalue weighted by molar-refractivity contribution is 0.356. The van der Waals surface area contributed by atoms with Gasteiger partial charge in [-0.3, -0.25) is 0 Å². The molecule has 0 saturated heterocycles. The minimum atomic E-state index is 0.355. The number of nitrogens with zero attached hydrogens (tertiary/aromatic N) is 2. The molecule has 2 aromatic rings. The van der Waals surface area contributed by atoms with E-state index < -0.39 is 0 Å². The molecule has 1 aromatic carbocycles. The summed E-state index contributed by atoms with van der Waals surface area (Å²) < 4.78 is 5.19. The number of hydrogen-bond acceptors (Lipinski definition) is 4. The van der Waals surface area contributed by atoms with Crippen LogP contribution in [0.15, 0.2) is 28.8 Å². The highest BCUT2D eigenvalue weighted by atomic mass is 35.5. The third kappa shape index (κ3) is 3.55. The first-order chi connectivity index (χ1) is 8.67. The van der Waals surface area contributed by atoms with Gasteiger partial charge in [-0.25, -0.2) is 0 Å². The fraction of sp³-hybridized carbons (Fsp3) is 0.385. The van der Waals surface area contributed by atoms with Crippen molar-refractivity contribution in [3.05, 3.63) is 46.6 Å². The third-order valence-electron chi connectivity index (χ3n) is 2.71. The van der Waals surface area contributed by atoms with Gasteiger partial charge in [0.05, 0.1) is 0 Å². The van der Waals surface area contributed by atoms with Crippen molar-refractivity contribution in [2.75, 3.05) is 6.54 Å². The second-order valence-corrected chi connectivity index (χ2v) is 4.89. The Morgan fingerprint density at radius 3 is 2.72 bits per heavy atom. The quantitative estimate of drug-likeness (QED) is 0.902. The second-order valence-electron chi connectivity index (χ2n) is 4.45.